The summed E-state index contributed by atoms with van der Waals surface area (Å²) in [6, 6.07) is 18.6. The summed E-state index contributed by atoms with van der Waals surface area (Å²) in [6.07, 6.45) is 1.48. The number of aryl methyl sites for hydroxylation is 1. The molecule has 9 heteroatoms. The number of carbonyl (C=O) groups excluding carboxylic acids is 2. The maximum Gasteiger partial charge on any atom is 0.240 e. The van der Waals surface area contributed by atoms with E-state index in [2.05, 4.69) is 31.8 Å². The van der Waals surface area contributed by atoms with Crippen molar-refractivity contribution >= 4 is 51.2 Å². The number of carbonyl (C=O) groups is 2. The van der Waals surface area contributed by atoms with E-state index in [-0.39, 0.29) is 24.7 Å². The van der Waals surface area contributed by atoms with Crippen LogP contribution in [0.4, 0.5) is 5.69 Å². The number of para-hydroxylation sites is 1. The number of nitrogens with zero attached hydrogens (tertiary/aromatic N) is 1. The second-order valence-corrected chi connectivity index (χ2v) is 9.12. The zero-order valence-electron chi connectivity index (χ0n) is 20.0. The summed E-state index contributed by atoms with van der Waals surface area (Å²) >= 11 is 9.57. The van der Waals surface area contributed by atoms with Crippen molar-refractivity contribution in [2.45, 2.75) is 33.3 Å². The van der Waals surface area contributed by atoms with Crippen LogP contribution in [-0.2, 0) is 16.2 Å². The first-order valence-corrected chi connectivity index (χ1v) is 12.5. The number of hydrogen-bond acceptors (Lipinski definition) is 5. The fourth-order valence-corrected chi connectivity index (χ4v) is 3.90. The molecule has 3 aromatic rings. The van der Waals surface area contributed by atoms with Crippen LogP contribution in [0.1, 0.15) is 36.5 Å². The SMILES string of the molecule is CCOc1cc(C=NNC(=O)CCC(=O)Nc2ccccc2Cl)cc(Br)c1OCc1ccc(C)cc1. The maximum atomic E-state index is 12.1. The molecule has 3 aromatic carbocycles. The summed E-state index contributed by atoms with van der Waals surface area (Å²) in [7, 11) is 0. The van der Waals surface area contributed by atoms with Gasteiger partial charge in [-0.1, -0.05) is 53.6 Å². The minimum atomic E-state index is -0.386. The maximum absolute atomic E-state index is 12.1. The molecule has 36 heavy (non-hydrogen) atoms. The summed E-state index contributed by atoms with van der Waals surface area (Å²) in [5.41, 5.74) is 5.87. The second-order valence-electron chi connectivity index (χ2n) is 7.86. The average molecular weight is 573 g/mol. The van der Waals surface area contributed by atoms with Gasteiger partial charge in [0.25, 0.3) is 0 Å². The number of hydrazone groups is 1. The molecular formula is C27H27BrClN3O4. The van der Waals surface area contributed by atoms with E-state index in [1.807, 2.05) is 44.2 Å². The minimum absolute atomic E-state index is 0.000366. The molecule has 7 nitrogen and oxygen atoms in total. The zero-order valence-corrected chi connectivity index (χ0v) is 22.4. The zero-order chi connectivity index (χ0) is 25.9. The van der Waals surface area contributed by atoms with Crippen molar-refractivity contribution in [2.75, 3.05) is 11.9 Å². The van der Waals surface area contributed by atoms with E-state index in [1.165, 1.54) is 11.8 Å². The summed E-state index contributed by atoms with van der Waals surface area (Å²) in [4.78, 5) is 24.2. The lowest BCUT2D eigenvalue weighted by atomic mass is 10.2. The van der Waals surface area contributed by atoms with Crippen molar-refractivity contribution in [3.63, 3.8) is 0 Å². The molecule has 2 amide bonds. The smallest absolute Gasteiger partial charge is 0.240 e. The van der Waals surface area contributed by atoms with E-state index in [0.717, 1.165) is 5.56 Å². The Bertz CT molecular complexity index is 1230. The van der Waals surface area contributed by atoms with E-state index >= 15 is 0 Å². The fraction of sp³-hybridized carbons (Fsp3) is 0.222. The molecule has 0 atom stereocenters. The van der Waals surface area contributed by atoms with Crippen molar-refractivity contribution in [2.24, 2.45) is 5.10 Å². The molecule has 2 N–H and O–H groups in total. The Kier molecular flexibility index (Phi) is 10.3. The van der Waals surface area contributed by atoms with Crippen molar-refractivity contribution in [3.05, 3.63) is 86.8 Å². The largest absolute Gasteiger partial charge is 0.490 e. The third kappa shape index (κ3) is 8.39. The van der Waals surface area contributed by atoms with Gasteiger partial charge in [-0.2, -0.15) is 5.10 Å². The topological polar surface area (TPSA) is 89.0 Å². The van der Waals surface area contributed by atoms with E-state index < -0.39 is 0 Å². The van der Waals surface area contributed by atoms with Gasteiger partial charge in [0.2, 0.25) is 11.8 Å². The Labute approximate surface area is 224 Å². The number of rotatable bonds is 11. The number of anilines is 1. The van der Waals surface area contributed by atoms with E-state index in [1.54, 1.807) is 30.3 Å². The van der Waals surface area contributed by atoms with Gasteiger partial charge in [0.15, 0.2) is 11.5 Å². The van der Waals surface area contributed by atoms with Gasteiger partial charge < -0.3 is 14.8 Å². The van der Waals surface area contributed by atoms with Gasteiger partial charge in [-0.3, -0.25) is 9.59 Å². The Morgan fingerprint density at radius 2 is 1.75 bits per heavy atom. The standard InChI is InChI=1S/C27H27BrClN3O4/c1-3-35-24-15-20(14-21(28)27(24)36-17-19-10-8-18(2)9-11-19)16-30-32-26(34)13-12-25(33)31-23-7-5-4-6-22(23)29/h4-11,14-16H,3,12-13,17H2,1-2H3,(H,31,33)(H,32,34). The van der Waals surface area contributed by atoms with Crippen LogP contribution in [0.25, 0.3) is 0 Å². The highest BCUT2D eigenvalue weighted by molar-refractivity contribution is 9.10. The predicted octanol–water partition coefficient (Wildman–Crippen LogP) is 6.26. The highest BCUT2D eigenvalue weighted by Crippen LogP contribution is 2.37. The van der Waals surface area contributed by atoms with Crippen LogP contribution in [-0.4, -0.2) is 24.6 Å². The van der Waals surface area contributed by atoms with Gasteiger partial charge in [-0.15, -0.1) is 0 Å². The van der Waals surface area contributed by atoms with Crippen LogP contribution < -0.4 is 20.2 Å². The van der Waals surface area contributed by atoms with Crippen molar-refractivity contribution in [1.82, 2.24) is 5.43 Å². The number of benzene rings is 3. The predicted molar refractivity (Wildman–Crippen MR) is 146 cm³/mol. The minimum Gasteiger partial charge on any atom is -0.490 e. The normalized spacial score (nSPS) is 10.8. The molecule has 3 rings (SSSR count). The van der Waals surface area contributed by atoms with Gasteiger partial charge in [-0.05, 0) is 65.2 Å². The summed E-state index contributed by atoms with van der Waals surface area (Å²) in [6.45, 7) is 4.78. The van der Waals surface area contributed by atoms with E-state index in [4.69, 9.17) is 21.1 Å². The van der Waals surface area contributed by atoms with Crippen LogP contribution >= 0.6 is 27.5 Å². The molecule has 0 saturated heterocycles. The summed E-state index contributed by atoms with van der Waals surface area (Å²) in [5.74, 6) is 0.447. The van der Waals surface area contributed by atoms with Crippen LogP contribution in [0.2, 0.25) is 5.02 Å². The Morgan fingerprint density at radius 1 is 1.03 bits per heavy atom. The van der Waals surface area contributed by atoms with Crippen molar-refractivity contribution in [3.8, 4) is 11.5 Å². The monoisotopic (exact) mass is 571 g/mol. The molecule has 0 aliphatic carbocycles. The Hall–Kier alpha value is -3.36. The third-order valence-electron chi connectivity index (χ3n) is 4.97. The van der Waals surface area contributed by atoms with Gasteiger partial charge in [-0.25, -0.2) is 5.43 Å². The molecule has 0 aliphatic heterocycles. The lowest BCUT2D eigenvalue weighted by Crippen LogP contribution is -2.20. The van der Waals surface area contributed by atoms with Gasteiger partial charge in [0.1, 0.15) is 6.61 Å². The number of ether oxygens (including phenoxy) is 2. The van der Waals surface area contributed by atoms with E-state index in [0.29, 0.717) is 45.5 Å². The number of hydrogen-bond donors (Lipinski definition) is 2. The first-order chi connectivity index (χ1) is 17.4. The molecule has 0 heterocycles. The second kappa shape index (κ2) is 13.7. The van der Waals surface area contributed by atoms with Gasteiger partial charge >= 0.3 is 0 Å². The quantitative estimate of drug-likeness (QED) is 0.210. The summed E-state index contributed by atoms with van der Waals surface area (Å²) in [5, 5.41) is 7.11. The molecule has 0 spiro atoms. The molecule has 0 aromatic heterocycles. The van der Waals surface area contributed by atoms with Crippen molar-refractivity contribution in [1.29, 1.82) is 0 Å². The molecule has 0 radical (unpaired) electrons. The van der Waals surface area contributed by atoms with Gasteiger partial charge in [0.05, 0.1) is 28.0 Å². The van der Waals surface area contributed by atoms with Crippen LogP contribution in [0.3, 0.4) is 0 Å². The summed E-state index contributed by atoms with van der Waals surface area (Å²) < 4.78 is 12.5. The number of amides is 2. The lowest BCUT2D eigenvalue weighted by Gasteiger charge is -2.15. The van der Waals surface area contributed by atoms with Crippen LogP contribution in [0.15, 0.2) is 70.2 Å². The first-order valence-electron chi connectivity index (χ1n) is 11.4. The molecule has 0 bridgehead atoms. The molecule has 0 saturated carbocycles. The van der Waals surface area contributed by atoms with E-state index in [9.17, 15) is 9.59 Å². The molecule has 0 fully saturated rings. The third-order valence-corrected chi connectivity index (χ3v) is 5.88. The highest BCUT2D eigenvalue weighted by Gasteiger charge is 2.13. The highest BCUT2D eigenvalue weighted by atomic mass is 79.9. The number of nitrogens with one attached hydrogen (secondary N) is 2. The lowest BCUT2D eigenvalue weighted by molar-refractivity contribution is -0.124. The molecule has 188 valence electrons. The van der Waals surface area contributed by atoms with Crippen LogP contribution in [0.5, 0.6) is 11.5 Å². The average Bonchev–Trinajstić information content (AvgIpc) is 2.85. The molecule has 0 unspecified atom stereocenters. The molecular weight excluding hydrogens is 546 g/mol. The Balaban J connectivity index is 1.54. The molecule has 0 aliphatic rings. The van der Waals surface area contributed by atoms with Crippen molar-refractivity contribution < 1.29 is 19.1 Å². The van der Waals surface area contributed by atoms with Crippen LogP contribution in [0, 0.1) is 6.92 Å². The Morgan fingerprint density at radius 3 is 2.47 bits per heavy atom. The van der Waals surface area contributed by atoms with Gasteiger partial charge in [0, 0.05) is 12.8 Å². The fourth-order valence-electron chi connectivity index (χ4n) is 3.14. The first kappa shape index (κ1) is 27.2. The number of halogens is 2.